The first-order valence-electron chi connectivity index (χ1n) is 12.9. The average Bonchev–Trinajstić information content (AvgIpc) is 3.61. The highest BCUT2D eigenvalue weighted by Crippen LogP contribution is 2.31. The van der Waals surface area contributed by atoms with Gasteiger partial charge >= 0.3 is 6.18 Å². The predicted molar refractivity (Wildman–Crippen MR) is 137 cm³/mol. The van der Waals surface area contributed by atoms with Crippen LogP contribution in [0.4, 0.5) is 19.2 Å². The molecule has 206 valence electrons. The molecule has 0 aliphatic carbocycles. The van der Waals surface area contributed by atoms with E-state index < -0.39 is 11.7 Å². The number of nitrogens with one attached hydrogen (secondary N) is 2. The van der Waals surface area contributed by atoms with Crippen LogP contribution in [0.25, 0.3) is 11.3 Å². The third-order valence-corrected chi connectivity index (χ3v) is 8.30. The fraction of sp³-hybridized carbons (Fsp3) is 0.462. The van der Waals surface area contributed by atoms with Gasteiger partial charge in [-0.1, -0.05) is 12.1 Å². The van der Waals surface area contributed by atoms with Crippen LogP contribution in [0.5, 0.6) is 0 Å². The van der Waals surface area contributed by atoms with Crippen LogP contribution in [0.2, 0.25) is 0 Å². The van der Waals surface area contributed by atoms with Gasteiger partial charge in [-0.15, -0.1) is 11.3 Å². The Morgan fingerprint density at radius 2 is 1.90 bits per heavy atom. The zero-order valence-electron chi connectivity index (χ0n) is 20.9. The lowest BCUT2D eigenvalue weighted by Gasteiger charge is -2.47. The van der Waals surface area contributed by atoms with Crippen molar-refractivity contribution < 1.29 is 27.2 Å². The van der Waals surface area contributed by atoms with E-state index in [0.717, 1.165) is 31.6 Å². The van der Waals surface area contributed by atoms with Gasteiger partial charge in [0.15, 0.2) is 0 Å². The van der Waals surface area contributed by atoms with Gasteiger partial charge < -0.3 is 24.9 Å². The molecule has 2 amide bonds. The van der Waals surface area contributed by atoms with Crippen molar-refractivity contribution in [1.29, 1.82) is 0 Å². The SMILES string of the molecule is O=C(NCc1nc(-c2ccc(C(F)(F)F)cc2)cs1)[C@H]1CCCN(C(=O)c2cnc(N3CC4CC(C3)N4)o2)C1. The average molecular weight is 561 g/mol. The Hall–Kier alpha value is -3.45. The number of alkyl halides is 3. The maximum absolute atomic E-state index is 13.1. The van der Waals surface area contributed by atoms with Gasteiger partial charge in [-0.25, -0.2) is 9.97 Å². The van der Waals surface area contributed by atoms with Gasteiger partial charge in [0, 0.05) is 49.2 Å². The monoisotopic (exact) mass is 560 g/mol. The number of halogens is 3. The molecule has 7 rings (SSSR count). The minimum absolute atomic E-state index is 0.169. The molecule has 13 heteroatoms. The molecule has 0 radical (unpaired) electrons. The van der Waals surface area contributed by atoms with Gasteiger partial charge in [-0.2, -0.15) is 13.2 Å². The van der Waals surface area contributed by atoms with E-state index in [9.17, 15) is 22.8 Å². The highest BCUT2D eigenvalue weighted by molar-refractivity contribution is 7.09. The third kappa shape index (κ3) is 5.50. The number of hydrogen-bond donors (Lipinski definition) is 2. The molecule has 0 saturated carbocycles. The van der Waals surface area contributed by atoms with Crippen LogP contribution in [0.1, 0.15) is 40.4 Å². The standard InChI is InChI=1S/C26H27F3N6O3S/c27-26(28,29)17-5-3-15(4-6-17)20-14-39-22(33-20)10-30-23(36)16-2-1-7-34(11-16)24(37)21-9-31-25(38-21)35-12-18-8-19(13-35)32-18/h3-6,9,14,16,18-19,32H,1-2,7-8,10-13H2,(H,30,36)/t16-,18?,19?/m0/s1. The number of likely N-dealkylation sites (tertiary alicyclic amines) is 1. The molecule has 39 heavy (non-hydrogen) atoms. The lowest BCUT2D eigenvalue weighted by Crippen LogP contribution is -2.67. The van der Waals surface area contributed by atoms with Crippen molar-refractivity contribution in [2.75, 3.05) is 31.1 Å². The summed E-state index contributed by atoms with van der Waals surface area (Å²) in [6.07, 6.45) is -0.413. The fourth-order valence-corrected chi connectivity index (χ4v) is 6.12. The van der Waals surface area contributed by atoms with Crippen LogP contribution in [0.3, 0.4) is 0 Å². The van der Waals surface area contributed by atoms with E-state index in [-0.39, 0.29) is 36.6 Å². The Balaban J connectivity index is 1.02. The molecule has 4 aliphatic rings. The molecule has 6 heterocycles. The maximum Gasteiger partial charge on any atom is 0.416 e. The number of thiazole rings is 1. The molecule has 3 aromatic rings. The van der Waals surface area contributed by atoms with Crippen LogP contribution in [0.15, 0.2) is 40.3 Å². The maximum atomic E-state index is 13.1. The summed E-state index contributed by atoms with van der Waals surface area (Å²) in [7, 11) is 0. The van der Waals surface area contributed by atoms with E-state index in [0.29, 0.717) is 53.7 Å². The second-order valence-electron chi connectivity index (χ2n) is 10.2. The van der Waals surface area contributed by atoms with Crippen molar-refractivity contribution in [3.8, 4) is 11.3 Å². The Morgan fingerprint density at radius 1 is 1.15 bits per heavy atom. The van der Waals surface area contributed by atoms with Gasteiger partial charge in [-0.05, 0) is 31.4 Å². The molecular weight excluding hydrogens is 533 g/mol. The summed E-state index contributed by atoms with van der Waals surface area (Å²) in [5.41, 5.74) is 0.410. The number of carbonyl (C=O) groups is 2. The zero-order chi connectivity index (χ0) is 27.1. The normalized spacial score (nSPS) is 22.9. The van der Waals surface area contributed by atoms with Crippen LogP contribution in [0, 0.1) is 5.92 Å². The van der Waals surface area contributed by atoms with Crippen LogP contribution >= 0.6 is 11.3 Å². The summed E-state index contributed by atoms with van der Waals surface area (Å²) >= 11 is 1.32. The van der Waals surface area contributed by atoms with E-state index in [4.69, 9.17) is 4.42 Å². The van der Waals surface area contributed by atoms with Gasteiger partial charge in [0.05, 0.1) is 29.9 Å². The number of carbonyl (C=O) groups excluding carboxylic acids is 2. The first-order chi connectivity index (χ1) is 18.7. The molecule has 9 nitrogen and oxygen atoms in total. The number of rotatable bonds is 6. The molecule has 3 atom stereocenters. The number of anilines is 1. The topological polar surface area (TPSA) is 104 Å². The molecule has 1 aromatic carbocycles. The summed E-state index contributed by atoms with van der Waals surface area (Å²) in [6, 6.07) is 6.17. The van der Waals surface area contributed by atoms with Gasteiger partial charge in [0.25, 0.3) is 11.9 Å². The fourth-order valence-electron chi connectivity index (χ4n) is 5.37. The van der Waals surface area contributed by atoms with Crippen LogP contribution in [-0.4, -0.2) is 64.9 Å². The minimum atomic E-state index is -4.39. The number of piperazine rings is 1. The number of fused-ring (bicyclic) bond motifs is 2. The van der Waals surface area contributed by atoms with Gasteiger partial charge in [0.1, 0.15) is 5.01 Å². The Kier molecular flexibility index (Phi) is 6.79. The number of aromatic nitrogens is 2. The third-order valence-electron chi connectivity index (χ3n) is 7.45. The van der Waals surface area contributed by atoms with Crippen molar-refractivity contribution in [3.63, 3.8) is 0 Å². The summed E-state index contributed by atoms with van der Waals surface area (Å²) in [5.74, 6) is -0.624. The summed E-state index contributed by atoms with van der Waals surface area (Å²) in [5, 5.41) is 8.73. The minimum Gasteiger partial charge on any atom is -0.418 e. The molecule has 4 fully saturated rings. The molecule has 0 spiro atoms. The highest BCUT2D eigenvalue weighted by atomic mass is 32.1. The number of nitrogens with zero attached hydrogens (tertiary/aromatic N) is 4. The Labute approximate surface area is 226 Å². The largest absolute Gasteiger partial charge is 0.418 e. The molecule has 4 aliphatic heterocycles. The number of benzene rings is 1. The lowest BCUT2D eigenvalue weighted by atomic mass is 9.92. The summed E-state index contributed by atoms with van der Waals surface area (Å²) < 4.78 is 44.2. The molecule has 2 unspecified atom stereocenters. The Bertz CT molecular complexity index is 1340. The van der Waals surface area contributed by atoms with Crippen molar-refractivity contribution in [1.82, 2.24) is 25.5 Å². The van der Waals surface area contributed by atoms with Crippen molar-refractivity contribution in [2.45, 2.75) is 44.1 Å². The first kappa shape index (κ1) is 25.8. The van der Waals surface area contributed by atoms with Crippen molar-refractivity contribution >= 4 is 29.2 Å². The van der Waals surface area contributed by atoms with E-state index in [1.807, 2.05) is 0 Å². The van der Waals surface area contributed by atoms with Crippen molar-refractivity contribution in [2.24, 2.45) is 5.92 Å². The number of amides is 2. The Morgan fingerprint density at radius 3 is 2.62 bits per heavy atom. The second kappa shape index (κ2) is 10.3. The molecule has 4 saturated heterocycles. The first-order valence-corrected chi connectivity index (χ1v) is 13.8. The van der Waals surface area contributed by atoms with E-state index in [2.05, 4.69) is 25.5 Å². The smallest absolute Gasteiger partial charge is 0.416 e. The van der Waals surface area contributed by atoms with E-state index in [1.165, 1.54) is 29.7 Å². The molecule has 2 aromatic heterocycles. The molecule has 2 bridgehead atoms. The second-order valence-corrected chi connectivity index (χ2v) is 11.2. The predicted octanol–water partition coefficient (Wildman–Crippen LogP) is 3.54. The van der Waals surface area contributed by atoms with E-state index in [1.54, 1.807) is 10.3 Å². The molecule has 2 N–H and O–H groups in total. The summed E-state index contributed by atoms with van der Waals surface area (Å²) in [4.78, 5) is 38.5. The summed E-state index contributed by atoms with van der Waals surface area (Å²) in [6.45, 7) is 2.64. The van der Waals surface area contributed by atoms with Crippen molar-refractivity contribution in [3.05, 3.63) is 52.2 Å². The number of oxazole rings is 1. The van der Waals surface area contributed by atoms with Crippen LogP contribution in [-0.2, 0) is 17.5 Å². The number of hydrogen-bond acceptors (Lipinski definition) is 8. The number of piperidine rings is 2. The van der Waals surface area contributed by atoms with Gasteiger partial charge in [-0.3, -0.25) is 9.59 Å². The molecular formula is C26H27F3N6O3S. The van der Waals surface area contributed by atoms with E-state index >= 15 is 0 Å². The van der Waals surface area contributed by atoms with Crippen LogP contribution < -0.4 is 15.5 Å². The van der Waals surface area contributed by atoms with Gasteiger partial charge in [0.2, 0.25) is 11.7 Å². The zero-order valence-corrected chi connectivity index (χ0v) is 21.7. The quantitative estimate of drug-likeness (QED) is 0.476. The highest BCUT2D eigenvalue weighted by Gasteiger charge is 2.38. The lowest BCUT2D eigenvalue weighted by molar-refractivity contribution is -0.137.